The van der Waals surface area contributed by atoms with Crippen molar-refractivity contribution in [2.24, 2.45) is 5.41 Å². The summed E-state index contributed by atoms with van der Waals surface area (Å²) in [4.78, 5) is 0. The van der Waals surface area contributed by atoms with Gasteiger partial charge in [-0.2, -0.15) is 0 Å². The molecule has 0 heterocycles. The molecule has 1 aliphatic carbocycles. The molecule has 0 spiro atoms. The van der Waals surface area contributed by atoms with E-state index >= 15 is 0 Å². The van der Waals surface area contributed by atoms with Crippen LogP contribution >= 0.6 is 0 Å². The van der Waals surface area contributed by atoms with Crippen molar-refractivity contribution in [3.63, 3.8) is 0 Å². The van der Waals surface area contributed by atoms with Crippen molar-refractivity contribution >= 4 is 0 Å². The fourth-order valence-electron chi connectivity index (χ4n) is 2.70. The summed E-state index contributed by atoms with van der Waals surface area (Å²) in [5.74, 6) is 0.691. The molecule has 0 bridgehead atoms. The van der Waals surface area contributed by atoms with Crippen LogP contribution in [0.25, 0.3) is 0 Å². The highest BCUT2D eigenvalue weighted by atomic mass is 16.5. The molecule has 1 aliphatic rings. The van der Waals surface area contributed by atoms with Crippen LogP contribution < -0.4 is 10.1 Å². The van der Waals surface area contributed by atoms with E-state index in [9.17, 15) is 5.11 Å². The Morgan fingerprint density at radius 1 is 1.37 bits per heavy atom. The first-order valence-corrected chi connectivity index (χ1v) is 6.61. The number of methoxy groups -OCH3 is 2. The van der Waals surface area contributed by atoms with Crippen LogP contribution in [0.4, 0.5) is 0 Å². The van der Waals surface area contributed by atoms with E-state index < -0.39 is 0 Å². The summed E-state index contributed by atoms with van der Waals surface area (Å²) < 4.78 is 10.6. The van der Waals surface area contributed by atoms with Gasteiger partial charge < -0.3 is 19.9 Å². The number of rotatable bonds is 5. The summed E-state index contributed by atoms with van der Waals surface area (Å²) in [6.45, 7) is 5.21. The van der Waals surface area contributed by atoms with E-state index in [0.717, 1.165) is 18.5 Å². The molecule has 0 radical (unpaired) electrons. The van der Waals surface area contributed by atoms with Crippen LogP contribution in [-0.4, -0.2) is 31.5 Å². The number of ether oxygens (including phenoxy) is 2. The van der Waals surface area contributed by atoms with Gasteiger partial charge in [-0.3, -0.25) is 0 Å². The van der Waals surface area contributed by atoms with Gasteiger partial charge in [-0.05, 0) is 24.1 Å². The third-order valence-electron chi connectivity index (χ3n) is 4.26. The minimum absolute atomic E-state index is 0.162. The predicted molar refractivity (Wildman–Crippen MR) is 74.5 cm³/mol. The molecular weight excluding hydrogens is 242 g/mol. The van der Waals surface area contributed by atoms with E-state index in [1.807, 2.05) is 12.1 Å². The maximum absolute atomic E-state index is 9.56. The lowest BCUT2D eigenvalue weighted by Gasteiger charge is -2.51. The van der Waals surface area contributed by atoms with Gasteiger partial charge in [0.2, 0.25) is 0 Å². The highest BCUT2D eigenvalue weighted by molar-refractivity contribution is 5.41. The summed E-state index contributed by atoms with van der Waals surface area (Å²) in [7, 11) is 3.33. The number of aromatic hydroxyl groups is 1. The molecule has 2 rings (SSSR count). The Balaban J connectivity index is 1.93. The molecule has 1 fully saturated rings. The van der Waals surface area contributed by atoms with E-state index in [-0.39, 0.29) is 11.2 Å². The van der Waals surface area contributed by atoms with E-state index in [1.165, 1.54) is 0 Å². The molecule has 1 saturated carbocycles. The molecule has 4 heteroatoms. The average molecular weight is 265 g/mol. The van der Waals surface area contributed by atoms with Gasteiger partial charge in [0.15, 0.2) is 11.5 Å². The van der Waals surface area contributed by atoms with Crippen molar-refractivity contribution in [1.29, 1.82) is 0 Å². The molecule has 2 atom stereocenters. The van der Waals surface area contributed by atoms with Crippen molar-refractivity contribution in [2.45, 2.75) is 39.0 Å². The molecule has 2 N–H and O–H groups in total. The molecule has 0 amide bonds. The molecule has 0 saturated heterocycles. The van der Waals surface area contributed by atoms with Crippen LogP contribution in [0.3, 0.4) is 0 Å². The van der Waals surface area contributed by atoms with E-state index in [1.54, 1.807) is 20.3 Å². The summed E-state index contributed by atoms with van der Waals surface area (Å²) in [6, 6.07) is 5.89. The number of nitrogens with one attached hydrogen (secondary N) is 1. The lowest BCUT2D eigenvalue weighted by Crippen LogP contribution is -2.60. The monoisotopic (exact) mass is 265 g/mol. The zero-order chi connectivity index (χ0) is 14.0. The van der Waals surface area contributed by atoms with Crippen LogP contribution in [0.2, 0.25) is 0 Å². The van der Waals surface area contributed by atoms with Crippen molar-refractivity contribution in [2.75, 3.05) is 14.2 Å². The Labute approximate surface area is 114 Å². The quantitative estimate of drug-likeness (QED) is 0.857. The lowest BCUT2D eigenvalue weighted by molar-refractivity contribution is -0.0979. The number of hydrogen-bond donors (Lipinski definition) is 2. The Bertz CT molecular complexity index is 445. The smallest absolute Gasteiger partial charge is 0.160 e. The largest absolute Gasteiger partial charge is 0.504 e. The predicted octanol–water partition coefficient (Wildman–Crippen LogP) is 2.30. The van der Waals surface area contributed by atoms with Gasteiger partial charge in [0.1, 0.15) is 0 Å². The first-order valence-electron chi connectivity index (χ1n) is 6.61. The van der Waals surface area contributed by atoms with Gasteiger partial charge in [0.05, 0.1) is 13.2 Å². The molecule has 19 heavy (non-hydrogen) atoms. The molecular formula is C15H23NO3. The maximum atomic E-state index is 9.56. The SMILES string of the molecule is COc1cc(CNC2CC(OC)C2(C)C)ccc1O. The standard InChI is InChI=1S/C15H23NO3/c1-15(2)13(8-14(15)19-4)16-9-10-5-6-11(17)12(7-10)18-3/h5-7,13-14,16-17H,8-9H2,1-4H3. The summed E-state index contributed by atoms with van der Waals surface area (Å²) in [5.41, 5.74) is 1.27. The van der Waals surface area contributed by atoms with Crippen LogP contribution in [0.1, 0.15) is 25.8 Å². The van der Waals surface area contributed by atoms with Crippen LogP contribution in [0.15, 0.2) is 18.2 Å². The third-order valence-corrected chi connectivity index (χ3v) is 4.26. The van der Waals surface area contributed by atoms with Crippen LogP contribution in [-0.2, 0) is 11.3 Å². The second-order valence-corrected chi connectivity index (χ2v) is 5.72. The van der Waals surface area contributed by atoms with Crippen molar-refractivity contribution in [1.82, 2.24) is 5.32 Å². The zero-order valence-electron chi connectivity index (χ0n) is 12.1. The first kappa shape index (κ1) is 14.2. The summed E-state index contributed by atoms with van der Waals surface area (Å²) in [6.07, 6.45) is 1.37. The van der Waals surface area contributed by atoms with Gasteiger partial charge >= 0.3 is 0 Å². The van der Waals surface area contributed by atoms with Crippen LogP contribution in [0.5, 0.6) is 11.5 Å². The minimum Gasteiger partial charge on any atom is -0.504 e. The van der Waals surface area contributed by atoms with Crippen molar-refractivity contribution in [3.05, 3.63) is 23.8 Å². The van der Waals surface area contributed by atoms with Gasteiger partial charge in [-0.15, -0.1) is 0 Å². The van der Waals surface area contributed by atoms with Gasteiger partial charge in [-0.1, -0.05) is 19.9 Å². The van der Waals surface area contributed by atoms with Gasteiger partial charge in [0, 0.05) is 25.1 Å². The minimum atomic E-state index is 0.162. The number of phenols is 1. The maximum Gasteiger partial charge on any atom is 0.160 e. The number of benzene rings is 1. The molecule has 2 unspecified atom stereocenters. The highest BCUT2D eigenvalue weighted by Crippen LogP contribution is 2.42. The Morgan fingerprint density at radius 2 is 2.11 bits per heavy atom. The van der Waals surface area contributed by atoms with Gasteiger partial charge in [0.25, 0.3) is 0 Å². The Morgan fingerprint density at radius 3 is 2.68 bits per heavy atom. The molecule has 1 aromatic rings. The fraction of sp³-hybridized carbons (Fsp3) is 0.600. The van der Waals surface area contributed by atoms with E-state index in [4.69, 9.17) is 9.47 Å². The summed E-state index contributed by atoms with van der Waals surface area (Å²) in [5, 5.41) is 13.1. The summed E-state index contributed by atoms with van der Waals surface area (Å²) >= 11 is 0. The fourth-order valence-corrected chi connectivity index (χ4v) is 2.70. The average Bonchev–Trinajstić information content (AvgIpc) is 2.39. The lowest BCUT2D eigenvalue weighted by atomic mass is 9.64. The molecule has 4 nitrogen and oxygen atoms in total. The second-order valence-electron chi connectivity index (χ2n) is 5.72. The third kappa shape index (κ3) is 2.69. The second kappa shape index (κ2) is 5.39. The van der Waals surface area contributed by atoms with Crippen molar-refractivity contribution < 1.29 is 14.6 Å². The zero-order valence-corrected chi connectivity index (χ0v) is 12.1. The topological polar surface area (TPSA) is 50.7 Å². The normalized spacial score (nSPS) is 24.8. The van der Waals surface area contributed by atoms with E-state index in [0.29, 0.717) is 17.9 Å². The van der Waals surface area contributed by atoms with Crippen molar-refractivity contribution in [3.8, 4) is 11.5 Å². The Kier molecular flexibility index (Phi) is 4.02. The first-order chi connectivity index (χ1) is 8.98. The van der Waals surface area contributed by atoms with Crippen LogP contribution in [0, 0.1) is 5.41 Å². The number of phenolic OH excluding ortho intramolecular Hbond substituents is 1. The molecule has 0 aromatic heterocycles. The molecule has 0 aliphatic heterocycles. The molecule has 106 valence electrons. The Hall–Kier alpha value is -1.26. The highest BCUT2D eigenvalue weighted by Gasteiger charge is 2.48. The van der Waals surface area contributed by atoms with Gasteiger partial charge in [-0.25, -0.2) is 0 Å². The molecule has 1 aromatic carbocycles. The number of hydrogen-bond acceptors (Lipinski definition) is 4. The van der Waals surface area contributed by atoms with E-state index in [2.05, 4.69) is 19.2 Å².